The Morgan fingerprint density at radius 2 is 1.26 bits per heavy atom. The van der Waals surface area contributed by atoms with Gasteiger partial charge in [-0.05, 0) is 11.1 Å². The Labute approximate surface area is 185 Å². The van der Waals surface area contributed by atoms with Gasteiger partial charge in [-0.15, -0.1) is 6.42 Å². The standard InChI is InChI=1S/C25H32O6/c1-5-21(30-17-19-12-8-6-9-13-19)23(28-3)25(29-4)24(22(16-26)27-2)31-18-20-14-10-7-11-15-20/h1,6-15,21-26H,16-18H2,2-4H3/t21-,22-,23-,24-,25-/m1/s1. The summed E-state index contributed by atoms with van der Waals surface area (Å²) in [5.41, 5.74) is 1.98. The second-order valence-corrected chi connectivity index (χ2v) is 7.00. The minimum Gasteiger partial charge on any atom is -0.394 e. The van der Waals surface area contributed by atoms with E-state index in [-0.39, 0.29) is 6.61 Å². The number of hydrogen-bond acceptors (Lipinski definition) is 6. The molecule has 6 heteroatoms. The molecule has 0 aliphatic heterocycles. The van der Waals surface area contributed by atoms with E-state index < -0.39 is 30.5 Å². The lowest BCUT2D eigenvalue weighted by Gasteiger charge is -2.37. The minimum atomic E-state index is -0.700. The van der Waals surface area contributed by atoms with Crippen LogP contribution < -0.4 is 0 Å². The van der Waals surface area contributed by atoms with Crippen molar-refractivity contribution in [2.24, 2.45) is 0 Å². The molecule has 2 aromatic rings. The molecule has 0 unspecified atom stereocenters. The lowest BCUT2D eigenvalue weighted by atomic mass is 9.98. The second-order valence-electron chi connectivity index (χ2n) is 7.00. The summed E-state index contributed by atoms with van der Waals surface area (Å²) in [4.78, 5) is 0. The van der Waals surface area contributed by atoms with Crippen molar-refractivity contribution in [2.45, 2.75) is 43.7 Å². The second kappa shape index (κ2) is 13.9. The van der Waals surface area contributed by atoms with Crippen molar-refractivity contribution in [3.63, 3.8) is 0 Å². The first-order valence-corrected chi connectivity index (χ1v) is 10.1. The summed E-state index contributed by atoms with van der Waals surface area (Å²) in [6.45, 7) is 0.389. The van der Waals surface area contributed by atoms with Crippen molar-refractivity contribution < 1.29 is 28.8 Å². The van der Waals surface area contributed by atoms with Crippen LogP contribution in [-0.4, -0.2) is 63.6 Å². The van der Waals surface area contributed by atoms with Crippen molar-refractivity contribution >= 4 is 0 Å². The minimum absolute atomic E-state index is 0.252. The van der Waals surface area contributed by atoms with E-state index in [4.69, 9.17) is 30.1 Å². The van der Waals surface area contributed by atoms with Gasteiger partial charge >= 0.3 is 0 Å². The van der Waals surface area contributed by atoms with E-state index >= 15 is 0 Å². The van der Waals surface area contributed by atoms with Crippen LogP contribution in [0, 0.1) is 12.3 Å². The first kappa shape index (κ1) is 25.0. The fourth-order valence-electron chi connectivity index (χ4n) is 3.38. The van der Waals surface area contributed by atoms with Crippen LogP contribution in [0.5, 0.6) is 0 Å². The monoisotopic (exact) mass is 428 g/mol. The maximum Gasteiger partial charge on any atom is 0.147 e. The highest BCUT2D eigenvalue weighted by atomic mass is 16.6. The molecule has 31 heavy (non-hydrogen) atoms. The molecular weight excluding hydrogens is 396 g/mol. The molecule has 2 rings (SSSR count). The van der Waals surface area contributed by atoms with Crippen LogP contribution in [-0.2, 0) is 36.9 Å². The molecule has 0 radical (unpaired) electrons. The van der Waals surface area contributed by atoms with Gasteiger partial charge in [-0.2, -0.15) is 0 Å². The van der Waals surface area contributed by atoms with E-state index in [0.29, 0.717) is 13.2 Å². The molecule has 5 atom stereocenters. The van der Waals surface area contributed by atoms with Gasteiger partial charge in [0.2, 0.25) is 0 Å². The number of hydrogen-bond donors (Lipinski definition) is 1. The van der Waals surface area contributed by atoms with Gasteiger partial charge in [0.05, 0.1) is 19.8 Å². The van der Waals surface area contributed by atoms with Crippen LogP contribution in [0.2, 0.25) is 0 Å². The highest BCUT2D eigenvalue weighted by Gasteiger charge is 2.40. The third kappa shape index (κ3) is 7.44. The van der Waals surface area contributed by atoms with Gasteiger partial charge in [-0.1, -0.05) is 66.6 Å². The van der Waals surface area contributed by atoms with E-state index in [2.05, 4.69) is 5.92 Å². The zero-order valence-electron chi connectivity index (χ0n) is 18.3. The average Bonchev–Trinajstić information content (AvgIpc) is 2.83. The number of ether oxygens (including phenoxy) is 5. The molecule has 2 aromatic carbocycles. The van der Waals surface area contributed by atoms with Crippen molar-refractivity contribution in [1.29, 1.82) is 0 Å². The summed E-state index contributed by atoms with van der Waals surface area (Å²) in [5, 5.41) is 9.87. The zero-order chi connectivity index (χ0) is 22.5. The van der Waals surface area contributed by atoms with Crippen molar-refractivity contribution in [3.05, 3.63) is 71.8 Å². The average molecular weight is 429 g/mol. The van der Waals surface area contributed by atoms with Gasteiger partial charge in [0, 0.05) is 21.3 Å². The summed E-state index contributed by atoms with van der Waals surface area (Å²) in [7, 11) is 4.60. The SMILES string of the molecule is C#C[C@@H](OCc1ccccc1)[C@@H](OC)[C@@H](OC)[C@H](OCc1ccccc1)[C@@H](CO)OC. The number of terminal acetylenes is 1. The molecule has 0 amide bonds. The molecule has 168 valence electrons. The molecule has 0 saturated heterocycles. The first-order valence-electron chi connectivity index (χ1n) is 10.1. The van der Waals surface area contributed by atoms with Crippen LogP contribution in [0.25, 0.3) is 0 Å². The van der Waals surface area contributed by atoms with Crippen molar-refractivity contribution in [2.75, 3.05) is 27.9 Å². The summed E-state index contributed by atoms with van der Waals surface area (Å²) < 4.78 is 29.1. The zero-order valence-corrected chi connectivity index (χ0v) is 18.3. The van der Waals surface area contributed by atoms with Crippen LogP contribution >= 0.6 is 0 Å². The highest BCUT2D eigenvalue weighted by Crippen LogP contribution is 2.22. The maximum atomic E-state index is 9.87. The molecule has 0 aliphatic carbocycles. The highest BCUT2D eigenvalue weighted by molar-refractivity contribution is 5.15. The quantitative estimate of drug-likeness (QED) is 0.467. The van der Waals surface area contributed by atoms with Crippen LogP contribution in [0.4, 0.5) is 0 Å². The molecule has 1 N–H and O–H groups in total. The lowest BCUT2D eigenvalue weighted by molar-refractivity contribution is -0.188. The van der Waals surface area contributed by atoms with E-state index in [0.717, 1.165) is 11.1 Å². The number of aliphatic hydroxyl groups excluding tert-OH is 1. The van der Waals surface area contributed by atoms with Gasteiger partial charge in [0.15, 0.2) is 0 Å². The largest absolute Gasteiger partial charge is 0.394 e. The molecule has 6 nitrogen and oxygen atoms in total. The molecule has 0 bridgehead atoms. The van der Waals surface area contributed by atoms with Crippen LogP contribution in [0.15, 0.2) is 60.7 Å². The van der Waals surface area contributed by atoms with Crippen LogP contribution in [0.1, 0.15) is 11.1 Å². The van der Waals surface area contributed by atoms with Crippen LogP contribution in [0.3, 0.4) is 0 Å². The number of methoxy groups -OCH3 is 3. The number of benzene rings is 2. The Bertz CT molecular complexity index is 757. The molecule has 0 heterocycles. The summed E-state index contributed by atoms with van der Waals surface area (Å²) in [5.74, 6) is 2.66. The molecule has 0 fully saturated rings. The molecular formula is C25H32O6. The van der Waals surface area contributed by atoms with Crippen molar-refractivity contribution in [3.8, 4) is 12.3 Å². The predicted octanol–water partition coefficient (Wildman–Crippen LogP) is 2.83. The van der Waals surface area contributed by atoms with Gasteiger partial charge in [-0.3, -0.25) is 0 Å². The summed E-state index contributed by atoms with van der Waals surface area (Å²) in [6.07, 6.45) is 2.49. The number of aliphatic hydroxyl groups is 1. The summed E-state index contributed by atoms with van der Waals surface area (Å²) in [6, 6.07) is 19.5. The summed E-state index contributed by atoms with van der Waals surface area (Å²) >= 11 is 0. The third-order valence-corrected chi connectivity index (χ3v) is 5.06. The molecule has 0 spiro atoms. The van der Waals surface area contributed by atoms with E-state index in [9.17, 15) is 5.11 Å². The molecule has 0 saturated carbocycles. The topological polar surface area (TPSA) is 66.4 Å². The molecule has 0 aliphatic rings. The Morgan fingerprint density at radius 1 is 0.742 bits per heavy atom. The number of rotatable bonds is 14. The van der Waals surface area contributed by atoms with Gasteiger partial charge < -0.3 is 28.8 Å². The Balaban J connectivity index is 2.19. The third-order valence-electron chi connectivity index (χ3n) is 5.06. The van der Waals surface area contributed by atoms with Crippen molar-refractivity contribution in [1.82, 2.24) is 0 Å². The first-order chi connectivity index (χ1) is 15.2. The van der Waals surface area contributed by atoms with Gasteiger partial charge in [0.25, 0.3) is 0 Å². The maximum absolute atomic E-state index is 9.87. The fraction of sp³-hybridized carbons (Fsp3) is 0.440. The predicted molar refractivity (Wildman–Crippen MR) is 118 cm³/mol. The van der Waals surface area contributed by atoms with E-state index in [1.54, 1.807) is 14.2 Å². The fourth-order valence-corrected chi connectivity index (χ4v) is 3.38. The smallest absolute Gasteiger partial charge is 0.147 e. The normalized spacial score (nSPS) is 16.1. The molecule has 0 aromatic heterocycles. The van der Waals surface area contributed by atoms with Gasteiger partial charge in [0.1, 0.15) is 30.5 Å². The Kier molecular flexibility index (Phi) is 11.3. The van der Waals surface area contributed by atoms with Gasteiger partial charge in [-0.25, -0.2) is 0 Å². The Morgan fingerprint density at radius 3 is 1.68 bits per heavy atom. The van der Waals surface area contributed by atoms with E-state index in [1.807, 2.05) is 60.7 Å². The Hall–Kier alpha value is -2.24. The van der Waals surface area contributed by atoms with E-state index in [1.165, 1.54) is 7.11 Å². The lowest BCUT2D eigenvalue weighted by Crippen LogP contribution is -2.53.